The average Bonchev–Trinajstić information content (AvgIpc) is 2.67. The largest absolute Gasteiger partial charge is 0.479 e. The van der Waals surface area contributed by atoms with E-state index in [1.807, 2.05) is 56.3 Å². The standard InChI is InChI=1S/C23H26N2O4.2ClH/c1-15(2)11-21(24)23(28,22(26)27)14-18-13-20(9-10-25-18)29-19-8-7-16-5-3-4-6-17(16)12-19;;/h3-10,12-13,15,21,28H,11,14,24H2,1-2H3,(H,26,27);2*1H/t21-,23?;;/m0../s1. The Morgan fingerprint density at radius 3 is 2.35 bits per heavy atom. The third-order valence-electron chi connectivity index (χ3n) is 4.90. The normalized spacial score (nSPS) is 13.6. The van der Waals surface area contributed by atoms with Gasteiger partial charge in [0.1, 0.15) is 11.5 Å². The number of fused-ring (bicyclic) bond motifs is 1. The minimum absolute atomic E-state index is 0. The Kier molecular flexibility index (Phi) is 9.72. The number of aromatic nitrogens is 1. The van der Waals surface area contributed by atoms with Crippen molar-refractivity contribution in [3.05, 3.63) is 66.5 Å². The maximum Gasteiger partial charge on any atom is 0.337 e. The van der Waals surface area contributed by atoms with Crippen molar-refractivity contribution >= 4 is 41.6 Å². The summed E-state index contributed by atoms with van der Waals surface area (Å²) in [5.41, 5.74) is 4.32. The molecule has 0 radical (unpaired) electrons. The van der Waals surface area contributed by atoms with Crippen LogP contribution in [0.5, 0.6) is 11.5 Å². The third-order valence-corrected chi connectivity index (χ3v) is 4.90. The van der Waals surface area contributed by atoms with E-state index >= 15 is 0 Å². The zero-order valence-electron chi connectivity index (χ0n) is 17.4. The zero-order valence-corrected chi connectivity index (χ0v) is 19.0. The summed E-state index contributed by atoms with van der Waals surface area (Å²) in [6, 6.07) is 16.1. The fourth-order valence-corrected chi connectivity index (χ4v) is 3.33. The second kappa shape index (κ2) is 11.3. The minimum Gasteiger partial charge on any atom is -0.479 e. The van der Waals surface area contributed by atoms with Crippen molar-refractivity contribution in [2.75, 3.05) is 0 Å². The molecule has 1 heterocycles. The molecule has 1 unspecified atom stereocenters. The van der Waals surface area contributed by atoms with Crippen LogP contribution in [0.1, 0.15) is 26.0 Å². The molecule has 8 heteroatoms. The van der Waals surface area contributed by atoms with Crippen LogP contribution in [0.25, 0.3) is 10.8 Å². The van der Waals surface area contributed by atoms with Gasteiger partial charge in [-0.2, -0.15) is 0 Å². The lowest BCUT2D eigenvalue weighted by Gasteiger charge is -2.30. The average molecular weight is 467 g/mol. The SMILES string of the molecule is CC(C)C[C@H](N)C(O)(Cc1cc(Oc2ccc3ccccc3c2)ccn1)C(=O)O.Cl.Cl. The molecule has 2 atom stereocenters. The Morgan fingerprint density at radius 2 is 1.71 bits per heavy atom. The molecule has 0 spiro atoms. The molecule has 3 rings (SSSR count). The van der Waals surface area contributed by atoms with Gasteiger partial charge in [0.15, 0.2) is 5.60 Å². The van der Waals surface area contributed by atoms with Gasteiger partial charge in [0, 0.05) is 30.4 Å². The van der Waals surface area contributed by atoms with Gasteiger partial charge in [-0.3, -0.25) is 4.98 Å². The van der Waals surface area contributed by atoms with E-state index in [1.54, 1.807) is 12.1 Å². The van der Waals surface area contributed by atoms with Gasteiger partial charge < -0.3 is 20.7 Å². The number of hydrogen-bond donors (Lipinski definition) is 3. The quantitative estimate of drug-likeness (QED) is 0.447. The first-order valence-corrected chi connectivity index (χ1v) is 9.61. The third kappa shape index (κ3) is 6.55. The molecule has 0 bridgehead atoms. The predicted octanol–water partition coefficient (Wildman–Crippen LogP) is 4.60. The van der Waals surface area contributed by atoms with Crippen LogP contribution >= 0.6 is 24.8 Å². The maximum absolute atomic E-state index is 11.8. The van der Waals surface area contributed by atoms with Crippen molar-refractivity contribution in [2.45, 2.75) is 38.3 Å². The first kappa shape index (κ1) is 26.7. The van der Waals surface area contributed by atoms with Crippen LogP contribution < -0.4 is 10.5 Å². The summed E-state index contributed by atoms with van der Waals surface area (Å²) in [5.74, 6) is -0.0268. The van der Waals surface area contributed by atoms with E-state index in [4.69, 9.17) is 10.5 Å². The number of benzene rings is 2. The van der Waals surface area contributed by atoms with E-state index in [2.05, 4.69) is 4.98 Å². The number of carboxylic acid groups (broad SMARTS) is 1. The number of pyridine rings is 1. The first-order valence-electron chi connectivity index (χ1n) is 9.61. The molecule has 0 saturated heterocycles. The van der Waals surface area contributed by atoms with Gasteiger partial charge in [0.05, 0.1) is 0 Å². The van der Waals surface area contributed by atoms with Gasteiger partial charge in [-0.1, -0.05) is 44.2 Å². The molecular formula is C23H28Cl2N2O4. The summed E-state index contributed by atoms with van der Waals surface area (Å²) in [4.78, 5) is 16.0. The summed E-state index contributed by atoms with van der Waals surface area (Å²) in [6.07, 6.45) is 1.71. The summed E-state index contributed by atoms with van der Waals surface area (Å²) in [6.45, 7) is 3.86. The molecule has 31 heavy (non-hydrogen) atoms. The summed E-state index contributed by atoms with van der Waals surface area (Å²) in [7, 11) is 0. The first-order chi connectivity index (χ1) is 13.8. The second-order valence-corrected chi connectivity index (χ2v) is 7.74. The Balaban J connectivity index is 0.00000240. The fraction of sp³-hybridized carbons (Fsp3) is 0.304. The number of aliphatic hydroxyl groups is 1. The monoisotopic (exact) mass is 466 g/mol. The van der Waals surface area contributed by atoms with Crippen LogP contribution in [0.4, 0.5) is 0 Å². The molecule has 6 nitrogen and oxygen atoms in total. The molecule has 3 aromatic rings. The topological polar surface area (TPSA) is 106 Å². The smallest absolute Gasteiger partial charge is 0.337 e. The molecule has 0 aliphatic heterocycles. The van der Waals surface area contributed by atoms with E-state index < -0.39 is 17.6 Å². The maximum atomic E-state index is 11.8. The van der Waals surface area contributed by atoms with Gasteiger partial charge in [-0.05, 0) is 41.3 Å². The van der Waals surface area contributed by atoms with E-state index in [9.17, 15) is 15.0 Å². The van der Waals surface area contributed by atoms with E-state index in [0.717, 1.165) is 10.8 Å². The highest BCUT2D eigenvalue weighted by molar-refractivity contribution is 5.86. The summed E-state index contributed by atoms with van der Waals surface area (Å²) in [5, 5.41) is 22.5. The Bertz CT molecular complexity index is 1020. The lowest BCUT2D eigenvalue weighted by Crippen LogP contribution is -2.56. The number of nitrogens with zero attached hydrogens (tertiary/aromatic N) is 1. The van der Waals surface area contributed by atoms with E-state index in [0.29, 0.717) is 23.6 Å². The fourth-order valence-electron chi connectivity index (χ4n) is 3.33. The Hall–Kier alpha value is -2.38. The van der Waals surface area contributed by atoms with Gasteiger partial charge >= 0.3 is 5.97 Å². The van der Waals surface area contributed by atoms with Crippen LogP contribution in [-0.2, 0) is 11.2 Å². The molecule has 1 aromatic heterocycles. The number of nitrogens with two attached hydrogens (primary N) is 1. The molecule has 4 N–H and O–H groups in total. The molecule has 0 aliphatic rings. The number of ether oxygens (including phenoxy) is 1. The number of halogens is 2. The van der Waals surface area contributed by atoms with Gasteiger partial charge in [-0.15, -0.1) is 24.8 Å². The van der Waals surface area contributed by atoms with Crippen LogP contribution in [-0.4, -0.2) is 32.8 Å². The van der Waals surface area contributed by atoms with Gasteiger partial charge in [0.25, 0.3) is 0 Å². The van der Waals surface area contributed by atoms with Crippen molar-refractivity contribution < 1.29 is 19.7 Å². The van der Waals surface area contributed by atoms with Gasteiger partial charge in [-0.25, -0.2) is 4.79 Å². The molecular weight excluding hydrogens is 439 g/mol. The van der Waals surface area contributed by atoms with Crippen molar-refractivity contribution in [1.82, 2.24) is 4.98 Å². The Morgan fingerprint density at radius 1 is 1.06 bits per heavy atom. The van der Waals surface area contributed by atoms with E-state index in [-0.39, 0.29) is 37.2 Å². The summed E-state index contributed by atoms with van der Waals surface area (Å²) < 4.78 is 5.93. The van der Waals surface area contributed by atoms with Crippen molar-refractivity contribution in [2.24, 2.45) is 11.7 Å². The van der Waals surface area contributed by atoms with Gasteiger partial charge in [0.2, 0.25) is 0 Å². The second-order valence-electron chi connectivity index (χ2n) is 7.74. The lowest BCUT2D eigenvalue weighted by molar-refractivity contribution is -0.161. The van der Waals surface area contributed by atoms with Crippen molar-refractivity contribution in [3.8, 4) is 11.5 Å². The van der Waals surface area contributed by atoms with Crippen LogP contribution in [0.3, 0.4) is 0 Å². The van der Waals surface area contributed by atoms with E-state index in [1.165, 1.54) is 6.20 Å². The Labute approximate surface area is 194 Å². The van der Waals surface area contributed by atoms with Crippen LogP contribution in [0.15, 0.2) is 60.8 Å². The lowest BCUT2D eigenvalue weighted by atomic mass is 9.84. The highest BCUT2D eigenvalue weighted by Gasteiger charge is 2.43. The minimum atomic E-state index is -2.10. The van der Waals surface area contributed by atoms with Crippen molar-refractivity contribution in [1.29, 1.82) is 0 Å². The molecule has 168 valence electrons. The molecule has 0 fully saturated rings. The highest BCUT2D eigenvalue weighted by Crippen LogP contribution is 2.27. The predicted molar refractivity (Wildman–Crippen MR) is 126 cm³/mol. The number of rotatable bonds is 8. The number of carboxylic acids is 1. The zero-order chi connectivity index (χ0) is 21.0. The molecule has 0 saturated carbocycles. The van der Waals surface area contributed by atoms with Crippen LogP contribution in [0, 0.1) is 5.92 Å². The molecule has 2 aromatic carbocycles. The number of aliphatic carboxylic acids is 1. The number of hydrogen-bond acceptors (Lipinski definition) is 5. The molecule has 0 aliphatic carbocycles. The number of carbonyl (C=O) groups is 1. The summed E-state index contributed by atoms with van der Waals surface area (Å²) >= 11 is 0. The van der Waals surface area contributed by atoms with Crippen LogP contribution in [0.2, 0.25) is 0 Å². The highest BCUT2D eigenvalue weighted by atomic mass is 35.5. The molecule has 0 amide bonds. The van der Waals surface area contributed by atoms with Crippen molar-refractivity contribution in [3.63, 3.8) is 0 Å².